The standard InChI is InChI=1S/C18H27NO/c1-13-12-16(20-2)17(15-9-5-4-8-14(13)15)18(19)10-6-3-7-11-18/h12H,3-11,19H2,1-2H3. The van der Waals surface area contributed by atoms with Gasteiger partial charge in [-0.25, -0.2) is 0 Å². The van der Waals surface area contributed by atoms with Crippen LogP contribution in [0.2, 0.25) is 0 Å². The van der Waals surface area contributed by atoms with Crippen LogP contribution in [0.25, 0.3) is 0 Å². The Morgan fingerprint density at radius 3 is 2.30 bits per heavy atom. The van der Waals surface area contributed by atoms with Gasteiger partial charge in [0.2, 0.25) is 0 Å². The summed E-state index contributed by atoms with van der Waals surface area (Å²) in [6.07, 6.45) is 11.1. The second-order valence-electron chi connectivity index (χ2n) is 6.65. The van der Waals surface area contributed by atoms with Gasteiger partial charge in [0.25, 0.3) is 0 Å². The number of hydrogen-bond acceptors (Lipinski definition) is 2. The van der Waals surface area contributed by atoms with Gasteiger partial charge in [-0.15, -0.1) is 0 Å². The van der Waals surface area contributed by atoms with Gasteiger partial charge in [-0.1, -0.05) is 19.3 Å². The molecule has 110 valence electrons. The van der Waals surface area contributed by atoms with Gasteiger partial charge in [0, 0.05) is 11.1 Å². The van der Waals surface area contributed by atoms with Gasteiger partial charge in [-0.05, 0) is 68.2 Å². The van der Waals surface area contributed by atoms with Crippen LogP contribution in [0.5, 0.6) is 5.75 Å². The topological polar surface area (TPSA) is 35.2 Å². The average molecular weight is 273 g/mol. The van der Waals surface area contributed by atoms with Crippen molar-refractivity contribution in [3.63, 3.8) is 0 Å². The van der Waals surface area contributed by atoms with Crippen molar-refractivity contribution < 1.29 is 4.74 Å². The lowest BCUT2D eigenvalue weighted by atomic mass is 9.72. The molecule has 2 nitrogen and oxygen atoms in total. The van der Waals surface area contributed by atoms with Crippen molar-refractivity contribution in [2.24, 2.45) is 5.73 Å². The molecule has 1 aromatic carbocycles. The van der Waals surface area contributed by atoms with Gasteiger partial charge >= 0.3 is 0 Å². The van der Waals surface area contributed by atoms with E-state index in [1.54, 1.807) is 12.7 Å². The van der Waals surface area contributed by atoms with E-state index in [4.69, 9.17) is 10.5 Å². The predicted octanol–water partition coefficient (Wildman–Crippen LogP) is 4.00. The molecule has 2 heteroatoms. The highest BCUT2D eigenvalue weighted by Crippen LogP contribution is 2.44. The normalized spacial score (nSPS) is 21.4. The molecule has 0 saturated heterocycles. The first-order valence-electron chi connectivity index (χ1n) is 8.14. The molecule has 0 aromatic heterocycles. The van der Waals surface area contributed by atoms with E-state index < -0.39 is 0 Å². The van der Waals surface area contributed by atoms with Crippen LogP contribution in [0.4, 0.5) is 0 Å². The Bertz CT molecular complexity index is 501. The molecule has 1 aromatic rings. The van der Waals surface area contributed by atoms with Crippen LogP contribution in [0.3, 0.4) is 0 Å². The Morgan fingerprint density at radius 1 is 1.00 bits per heavy atom. The van der Waals surface area contributed by atoms with Crippen molar-refractivity contribution in [3.05, 3.63) is 28.3 Å². The zero-order valence-corrected chi connectivity index (χ0v) is 12.9. The van der Waals surface area contributed by atoms with Crippen LogP contribution in [-0.4, -0.2) is 7.11 Å². The van der Waals surface area contributed by atoms with Gasteiger partial charge in [0.05, 0.1) is 7.11 Å². The highest BCUT2D eigenvalue weighted by molar-refractivity contribution is 5.53. The van der Waals surface area contributed by atoms with E-state index in [1.165, 1.54) is 61.6 Å². The van der Waals surface area contributed by atoms with Crippen molar-refractivity contribution in [3.8, 4) is 5.75 Å². The minimum Gasteiger partial charge on any atom is -0.496 e. The minimum atomic E-state index is -0.154. The Labute approximate surface area is 122 Å². The number of rotatable bonds is 2. The fourth-order valence-corrected chi connectivity index (χ4v) is 4.26. The van der Waals surface area contributed by atoms with Gasteiger partial charge in [0.15, 0.2) is 0 Å². The molecule has 1 saturated carbocycles. The molecule has 3 rings (SSSR count). The summed E-state index contributed by atoms with van der Waals surface area (Å²) in [7, 11) is 1.79. The van der Waals surface area contributed by atoms with E-state index in [1.807, 2.05) is 0 Å². The van der Waals surface area contributed by atoms with Gasteiger partial charge in [0.1, 0.15) is 5.75 Å². The lowest BCUT2D eigenvalue weighted by molar-refractivity contribution is 0.286. The van der Waals surface area contributed by atoms with Crippen LogP contribution >= 0.6 is 0 Å². The second kappa shape index (κ2) is 5.40. The predicted molar refractivity (Wildman–Crippen MR) is 83.3 cm³/mol. The van der Waals surface area contributed by atoms with E-state index in [-0.39, 0.29) is 5.54 Å². The van der Waals surface area contributed by atoms with Crippen molar-refractivity contribution in [2.75, 3.05) is 7.11 Å². The molecule has 0 unspecified atom stereocenters. The fourth-order valence-electron chi connectivity index (χ4n) is 4.26. The molecule has 2 aliphatic carbocycles. The second-order valence-corrected chi connectivity index (χ2v) is 6.65. The number of nitrogens with two attached hydrogens (primary N) is 1. The third kappa shape index (κ3) is 2.24. The van der Waals surface area contributed by atoms with Crippen molar-refractivity contribution in [1.29, 1.82) is 0 Å². The molecule has 20 heavy (non-hydrogen) atoms. The zero-order valence-electron chi connectivity index (χ0n) is 12.9. The summed E-state index contributed by atoms with van der Waals surface area (Å²) in [5.74, 6) is 1.03. The summed E-state index contributed by atoms with van der Waals surface area (Å²) in [4.78, 5) is 0. The zero-order chi connectivity index (χ0) is 14.2. The number of fused-ring (bicyclic) bond motifs is 1. The molecule has 1 fully saturated rings. The van der Waals surface area contributed by atoms with E-state index >= 15 is 0 Å². The lowest BCUT2D eigenvalue weighted by Gasteiger charge is -2.38. The number of ether oxygens (including phenoxy) is 1. The molecule has 0 radical (unpaired) electrons. The Hall–Kier alpha value is -1.02. The number of aryl methyl sites for hydroxylation is 1. The SMILES string of the molecule is COc1cc(C)c2c(c1C1(N)CCCCC1)CCCC2. The first-order valence-corrected chi connectivity index (χ1v) is 8.14. The van der Waals surface area contributed by atoms with E-state index in [0.29, 0.717) is 0 Å². The third-order valence-electron chi connectivity index (χ3n) is 5.30. The molecule has 0 bridgehead atoms. The van der Waals surface area contributed by atoms with Crippen LogP contribution in [0.1, 0.15) is 67.2 Å². The number of methoxy groups -OCH3 is 1. The highest BCUT2D eigenvalue weighted by Gasteiger charge is 2.36. The summed E-state index contributed by atoms with van der Waals surface area (Å²) in [6, 6.07) is 2.22. The first-order chi connectivity index (χ1) is 9.65. The van der Waals surface area contributed by atoms with Gasteiger partial charge in [-0.3, -0.25) is 0 Å². The summed E-state index contributed by atoms with van der Waals surface area (Å²) < 4.78 is 5.73. The molecule has 0 heterocycles. The summed E-state index contributed by atoms with van der Waals surface area (Å²) in [5, 5.41) is 0. The molecular weight excluding hydrogens is 246 g/mol. The van der Waals surface area contributed by atoms with Crippen molar-refractivity contribution in [2.45, 2.75) is 70.3 Å². The molecule has 2 N–H and O–H groups in total. The van der Waals surface area contributed by atoms with E-state index in [2.05, 4.69) is 13.0 Å². The first kappa shape index (κ1) is 13.9. The smallest absolute Gasteiger partial charge is 0.124 e. The fraction of sp³-hybridized carbons (Fsp3) is 0.667. The van der Waals surface area contributed by atoms with E-state index in [0.717, 1.165) is 18.6 Å². The Morgan fingerprint density at radius 2 is 1.65 bits per heavy atom. The maximum Gasteiger partial charge on any atom is 0.124 e. The van der Waals surface area contributed by atoms with Gasteiger partial charge in [-0.2, -0.15) is 0 Å². The molecule has 2 aliphatic rings. The maximum atomic E-state index is 6.85. The largest absolute Gasteiger partial charge is 0.496 e. The Balaban J connectivity index is 2.16. The summed E-state index contributed by atoms with van der Waals surface area (Å²) >= 11 is 0. The molecule has 0 spiro atoms. The molecule has 0 amide bonds. The number of benzene rings is 1. The van der Waals surface area contributed by atoms with Crippen LogP contribution in [0.15, 0.2) is 6.07 Å². The maximum absolute atomic E-state index is 6.85. The average Bonchev–Trinajstić information content (AvgIpc) is 2.47. The summed E-state index contributed by atoms with van der Waals surface area (Å²) in [5.41, 5.74) is 12.5. The van der Waals surface area contributed by atoms with Crippen LogP contribution in [0, 0.1) is 6.92 Å². The highest BCUT2D eigenvalue weighted by atomic mass is 16.5. The quantitative estimate of drug-likeness (QED) is 0.884. The monoisotopic (exact) mass is 273 g/mol. The van der Waals surface area contributed by atoms with Gasteiger partial charge < -0.3 is 10.5 Å². The van der Waals surface area contributed by atoms with Crippen LogP contribution in [-0.2, 0) is 18.4 Å². The molecular formula is C18H27NO. The molecule has 0 atom stereocenters. The number of hydrogen-bond donors (Lipinski definition) is 1. The van der Waals surface area contributed by atoms with Crippen LogP contribution < -0.4 is 10.5 Å². The summed E-state index contributed by atoms with van der Waals surface area (Å²) in [6.45, 7) is 2.22. The van der Waals surface area contributed by atoms with E-state index in [9.17, 15) is 0 Å². The lowest BCUT2D eigenvalue weighted by Crippen LogP contribution is -2.40. The Kier molecular flexibility index (Phi) is 3.76. The van der Waals surface area contributed by atoms with Crippen molar-refractivity contribution in [1.82, 2.24) is 0 Å². The third-order valence-corrected chi connectivity index (χ3v) is 5.30. The molecule has 0 aliphatic heterocycles. The minimum absolute atomic E-state index is 0.154. The van der Waals surface area contributed by atoms with Crippen molar-refractivity contribution >= 4 is 0 Å².